The fraction of sp³-hybridized carbons (Fsp3) is 0.667. The Hall–Kier alpha value is -1.89. The lowest BCUT2D eigenvalue weighted by molar-refractivity contribution is -0.131. The van der Waals surface area contributed by atoms with E-state index in [-0.39, 0.29) is 17.5 Å². The van der Waals surface area contributed by atoms with Gasteiger partial charge in [-0.3, -0.25) is 19.6 Å². The number of likely N-dealkylation sites (tertiary alicyclic amines) is 2. The van der Waals surface area contributed by atoms with Crippen molar-refractivity contribution in [3.8, 4) is 0 Å². The van der Waals surface area contributed by atoms with Crippen molar-refractivity contribution in [2.45, 2.75) is 31.6 Å². The molecule has 7 nitrogen and oxygen atoms in total. The number of amides is 2. The van der Waals surface area contributed by atoms with Crippen molar-refractivity contribution in [1.82, 2.24) is 20.0 Å². The molecule has 120 valence electrons. The highest BCUT2D eigenvalue weighted by atomic mass is 16.2. The van der Waals surface area contributed by atoms with E-state index < -0.39 is 5.91 Å². The lowest BCUT2D eigenvalue weighted by Crippen LogP contribution is -2.43. The lowest BCUT2D eigenvalue weighted by Gasteiger charge is -2.32. The maximum absolute atomic E-state index is 12.3. The quantitative estimate of drug-likeness (QED) is 0.837. The van der Waals surface area contributed by atoms with Gasteiger partial charge in [-0.2, -0.15) is 5.10 Å². The van der Waals surface area contributed by atoms with Crippen LogP contribution in [0.2, 0.25) is 0 Å². The number of carbonyl (C=O) groups excluding carboxylic acids is 2. The minimum atomic E-state index is -0.514. The highest BCUT2D eigenvalue weighted by Crippen LogP contribution is 2.26. The molecule has 1 aromatic rings. The number of carbonyl (C=O) groups is 2. The lowest BCUT2D eigenvalue weighted by atomic mass is 9.94. The summed E-state index contributed by atoms with van der Waals surface area (Å²) < 4.78 is 0. The van der Waals surface area contributed by atoms with Crippen LogP contribution < -0.4 is 5.73 Å². The summed E-state index contributed by atoms with van der Waals surface area (Å²) in [7, 11) is 0. The monoisotopic (exact) mass is 305 g/mol. The molecular formula is C15H23N5O2. The first-order chi connectivity index (χ1) is 10.6. The minimum absolute atomic E-state index is 0.237. The molecule has 0 aromatic carbocycles. The predicted molar refractivity (Wildman–Crippen MR) is 81.3 cm³/mol. The van der Waals surface area contributed by atoms with E-state index in [9.17, 15) is 9.59 Å². The Kier molecular flexibility index (Phi) is 4.42. The van der Waals surface area contributed by atoms with Gasteiger partial charge in [0, 0.05) is 31.2 Å². The third-order valence-electron chi connectivity index (χ3n) is 4.61. The van der Waals surface area contributed by atoms with Gasteiger partial charge in [-0.25, -0.2) is 0 Å². The zero-order chi connectivity index (χ0) is 15.5. The highest BCUT2D eigenvalue weighted by Gasteiger charge is 2.26. The highest BCUT2D eigenvalue weighted by molar-refractivity contribution is 5.90. The first kappa shape index (κ1) is 15.0. The van der Waals surface area contributed by atoms with E-state index in [1.807, 2.05) is 4.90 Å². The summed E-state index contributed by atoms with van der Waals surface area (Å²) >= 11 is 0. The molecule has 0 aliphatic carbocycles. The first-order valence-electron chi connectivity index (χ1n) is 7.98. The molecule has 3 heterocycles. The van der Waals surface area contributed by atoms with Gasteiger partial charge in [-0.05, 0) is 38.3 Å². The zero-order valence-corrected chi connectivity index (χ0v) is 12.8. The summed E-state index contributed by atoms with van der Waals surface area (Å²) in [5.74, 6) is 0.000639. The molecule has 7 heteroatoms. The van der Waals surface area contributed by atoms with Crippen LogP contribution in [0.25, 0.3) is 0 Å². The molecule has 0 radical (unpaired) electrons. The van der Waals surface area contributed by atoms with E-state index in [0.29, 0.717) is 6.54 Å². The van der Waals surface area contributed by atoms with Crippen LogP contribution in [0.5, 0.6) is 0 Å². The molecule has 0 spiro atoms. The van der Waals surface area contributed by atoms with Gasteiger partial charge in [-0.15, -0.1) is 0 Å². The number of hydrogen-bond donors (Lipinski definition) is 2. The predicted octanol–water partition coefficient (Wildman–Crippen LogP) is 0.310. The van der Waals surface area contributed by atoms with Gasteiger partial charge in [0.2, 0.25) is 5.91 Å². The topological polar surface area (TPSA) is 95.3 Å². The van der Waals surface area contributed by atoms with E-state index in [1.165, 1.54) is 0 Å². The molecule has 0 bridgehead atoms. The summed E-state index contributed by atoms with van der Waals surface area (Å²) in [4.78, 5) is 27.6. The van der Waals surface area contributed by atoms with Crippen LogP contribution in [0.15, 0.2) is 6.07 Å². The largest absolute Gasteiger partial charge is 0.364 e. The molecule has 2 aliphatic rings. The second kappa shape index (κ2) is 6.48. The van der Waals surface area contributed by atoms with Crippen molar-refractivity contribution >= 4 is 11.8 Å². The zero-order valence-electron chi connectivity index (χ0n) is 12.8. The van der Waals surface area contributed by atoms with Gasteiger partial charge in [0.1, 0.15) is 5.69 Å². The smallest absolute Gasteiger partial charge is 0.269 e. The number of aromatic amines is 1. The number of nitrogens with two attached hydrogens (primary N) is 1. The Bertz CT molecular complexity index is 550. The normalized spacial score (nSPS) is 22.9. The number of nitrogens with one attached hydrogen (secondary N) is 1. The first-order valence-corrected chi connectivity index (χ1v) is 7.98. The fourth-order valence-corrected chi connectivity index (χ4v) is 3.38. The number of aromatic nitrogens is 2. The van der Waals surface area contributed by atoms with Crippen molar-refractivity contribution in [2.24, 2.45) is 5.73 Å². The Balaban J connectivity index is 1.58. The SMILES string of the molecule is NC(=O)c1cc(C2CCCN(CC(=O)N3CCCC3)C2)[nH]n1. The number of H-pyrrole nitrogens is 1. The average molecular weight is 305 g/mol. The second-order valence-electron chi connectivity index (χ2n) is 6.23. The summed E-state index contributed by atoms with van der Waals surface area (Å²) in [6.45, 7) is 4.07. The molecule has 0 saturated carbocycles. The number of primary amides is 1. The van der Waals surface area contributed by atoms with Gasteiger partial charge in [0.25, 0.3) is 5.91 Å². The molecule has 1 unspecified atom stereocenters. The van der Waals surface area contributed by atoms with E-state index in [0.717, 1.165) is 57.6 Å². The Morgan fingerprint density at radius 1 is 1.27 bits per heavy atom. The van der Waals surface area contributed by atoms with Crippen LogP contribution in [0, 0.1) is 0 Å². The van der Waals surface area contributed by atoms with Crippen LogP contribution in [0.3, 0.4) is 0 Å². The molecule has 1 atom stereocenters. The van der Waals surface area contributed by atoms with Crippen LogP contribution in [0.4, 0.5) is 0 Å². The van der Waals surface area contributed by atoms with Crippen molar-refractivity contribution in [3.05, 3.63) is 17.5 Å². The third kappa shape index (κ3) is 3.30. The summed E-state index contributed by atoms with van der Waals surface area (Å²) in [6.07, 6.45) is 4.33. The molecular weight excluding hydrogens is 282 g/mol. The van der Waals surface area contributed by atoms with Gasteiger partial charge < -0.3 is 10.6 Å². The average Bonchev–Trinajstić information content (AvgIpc) is 3.19. The number of nitrogens with zero attached hydrogens (tertiary/aromatic N) is 3. The molecule has 3 N–H and O–H groups in total. The molecule has 22 heavy (non-hydrogen) atoms. The molecule has 3 rings (SSSR count). The van der Waals surface area contributed by atoms with Crippen LogP contribution in [0.1, 0.15) is 47.8 Å². The summed E-state index contributed by atoms with van der Waals surface area (Å²) in [6, 6.07) is 1.73. The molecule has 2 fully saturated rings. The number of hydrogen-bond acceptors (Lipinski definition) is 4. The maximum Gasteiger partial charge on any atom is 0.269 e. The minimum Gasteiger partial charge on any atom is -0.364 e. The molecule has 2 amide bonds. The summed E-state index contributed by atoms with van der Waals surface area (Å²) in [5.41, 5.74) is 6.45. The Labute approximate surface area is 129 Å². The Morgan fingerprint density at radius 3 is 2.73 bits per heavy atom. The van der Waals surface area contributed by atoms with Gasteiger partial charge in [0.15, 0.2) is 0 Å². The van der Waals surface area contributed by atoms with E-state index in [4.69, 9.17) is 5.73 Å². The maximum atomic E-state index is 12.3. The van der Waals surface area contributed by atoms with Crippen molar-refractivity contribution in [2.75, 3.05) is 32.7 Å². The second-order valence-corrected chi connectivity index (χ2v) is 6.23. The fourth-order valence-electron chi connectivity index (χ4n) is 3.38. The standard InChI is InChI=1S/C15H23N5O2/c16-15(22)13-8-12(17-18-13)11-4-3-5-19(9-11)10-14(21)20-6-1-2-7-20/h8,11H,1-7,9-10H2,(H2,16,22)(H,17,18). The van der Waals surface area contributed by atoms with Crippen LogP contribution in [-0.4, -0.2) is 64.5 Å². The van der Waals surface area contributed by atoms with Crippen LogP contribution >= 0.6 is 0 Å². The molecule has 1 aromatic heterocycles. The van der Waals surface area contributed by atoms with Crippen molar-refractivity contribution < 1.29 is 9.59 Å². The molecule has 2 saturated heterocycles. The molecule has 2 aliphatic heterocycles. The van der Waals surface area contributed by atoms with Gasteiger partial charge >= 0.3 is 0 Å². The van der Waals surface area contributed by atoms with E-state index in [1.54, 1.807) is 6.07 Å². The van der Waals surface area contributed by atoms with Gasteiger partial charge in [-0.1, -0.05) is 0 Å². The third-order valence-corrected chi connectivity index (χ3v) is 4.61. The van der Waals surface area contributed by atoms with E-state index in [2.05, 4.69) is 15.1 Å². The number of rotatable bonds is 4. The van der Waals surface area contributed by atoms with Crippen molar-refractivity contribution in [1.29, 1.82) is 0 Å². The summed E-state index contributed by atoms with van der Waals surface area (Å²) in [5, 5.41) is 6.86. The Morgan fingerprint density at radius 2 is 2.05 bits per heavy atom. The van der Waals surface area contributed by atoms with Crippen LogP contribution in [-0.2, 0) is 4.79 Å². The van der Waals surface area contributed by atoms with Crippen molar-refractivity contribution in [3.63, 3.8) is 0 Å². The number of piperidine rings is 1. The van der Waals surface area contributed by atoms with E-state index >= 15 is 0 Å². The van der Waals surface area contributed by atoms with Gasteiger partial charge in [0.05, 0.1) is 6.54 Å².